The number of nitrogens with zero attached hydrogens (tertiary/aromatic N) is 3. The third-order valence-electron chi connectivity index (χ3n) is 3.70. The molecule has 1 N–H and O–H groups in total. The van der Waals surface area contributed by atoms with E-state index in [1.165, 1.54) is 12.1 Å². The monoisotopic (exact) mass is 330 g/mol. The maximum atomic E-state index is 13.2. The summed E-state index contributed by atoms with van der Waals surface area (Å²) in [5.41, 5.74) is 5.34. The van der Waals surface area contributed by atoms with Gasteiger partial charge in [-0.25, -0.2) is 9.07 Å². The van der Waals surface area contributed by atoms with Crippen molar-refractivity contribution in [3.8, 4) is 0 Å². The van der Waals surface area contributed by atoms with Crippen molar-refractivity contribution in [3.05, 3.63) is 83.2 Å². The van der Waals surface area contributed by atoms with Crippen LogP contribution in [-0.2, 0) is 6.42 Å². The van der Waals surface area contributed by atoms with Gasteiger partial charge in [0.1, 0.15) is 18.5 Å². The van der Waals surface area contributed by atoms with Crippen molar-refractivity contribution in [2.75, 3.05) is 12.0 Å². The maximum Gasteiger partial charge on any atom is 0.138 e. The van der Waals surface area contributed by atoms with Gasteiger partial charge in [0, 0.05) is 17.5 Å². The fraction of sp³-hybridized carbons (Fsp3) is 0.176. The summed E-state index contributed by atoms with van der Waals surface area (Å²) in [5.74, 6) is -0.102. The molecular weight excluding hydrogens is 315 g/mol. The van der Waals surface area contributed by atoms with E-state index in [-0.39, 0.29) is 11.7 Å². The Bertz CT molecular complexity index is 744. The fourth-order valence-electron chi connectivity index (χ4n) is 2.47. The molecular formula is C17H16ClFN4. The Kier molecular flexibility index (Phi) is 4.88. The number of aromatic nitrogens is 3. The van der Waals surface area contributed by atoms with Crippen molar-refractivity contribution < 1.29 is 4.39 Å². The van der Waals surface area contributed by atoms with Gasteiger partial charge < -0.3 is 5.43 Å². The molecule has 1 unspecified atom stereocenters. The Morgan fingerprint density at radius 3 is 2.43 bits per heavy atom. The third kappa shape index (κ3) is 4.07. The quantitative estimate of drug-likeness (QED) is 0.750. The molecule has 0 saturated heterocycles. The van der Waals surface area contributed by atoms with Crippen molar-refractivity contribution >= 4 is 11.6 Å². The van der Waals surface area contributed by atoms with E-state index in [2.05, 4.69) is 15.6 Å². The molecule has 118 valence electrons. The number of halogens is 2. The van der Waals surface area contributed by atoms with Gasteiger partial charge in [-0.1, -0.05) is 41.9 Å². The molecule has 0 amide bonds. The van der Waals surface area contributed by atoms with E-state index in [0.29, 0.717) is 6.54 Å². The Morgan fingerprint density at radius 2 is 1.74 bits per heavy atom. The van der Waals surface area contributed by atoms with Gasteiger partial charge in [0.25, 0.3) is 0 Å². The predicted molar refractivity (Wildman–Crippen MR) is 88.5 cm³/mol. The summed E-state index contributed by atoms with van der Waals surface area (Å²) < 4.78 is 14.9. The first-order chi connectivity index (χ1) is 11.2. The first-order valence-corrected chi connectivity index (χ1v) is 7.67. The van der Waals surface area contributed by atoms with Crippen LogP contribution in [0.25, 0.3) is 0 Å². The summed E-state index contributed by atoms with van der Waals surface area (Å²) in [6.45, 7) is 0.648. The molecule has 0 saturated carbocycles. The average molecular weight is 331 g/mol. The summed E-state index contributed by atoms with van der Waals surface area (Å²) in [4.78, 5) is 0. The molecule has 0 fully saturated rings. The molecule has 23 heavy (non-hydrogen) atoms. The zero-order chi connectivity index (χ0) is 16.1. The predicted octanol–water partition coefficient (Wildman–Crippen LogP) is 3.64. The molecule has 3 aromatic rings. The highest BCUT2D eigenvalue weighted by Crippen LogP contribution is 2.25. The third-order valence-corrected chi connectivity index (χ3v) is 4.07. The minimum Gasteiger partial charge on any atom is -0.323 e. The topological polar surface area (TPSA) is 42.7 Å². The standard InChI is InChI=1S/C17H16ClFN4/c18-17-4-2-1-3-14(17)9-15(10-22-23-11-20-21-12-23)13-5-7-16(19)8-6-13/h1-8,11-12,15,22H,9-10H2. The maximum absolute atomic E-state index is 13.2. The largest absolute Gasteiger partial charge is 0.323 e. The van der Waals surface area contributed by atoms with Gasteiger partial charge in [-0.3, -0.25) is 0 Å². The van der Waals surface area contributed by atoms with Gasteiger partial charge in [-0.15, -0.1) is 10.2 Å². The first kappa shape index (κ1) is 15.5. The second-order valence-corrected chi connectivity index (χ2v) is 5.68. The number of benzene rings is 2. The Balaban J connectivity index is 1.80. The second-order valence-electron chi connectivity index (χ2n) is 5.28. The van der Waals surface area contributed by atoms with Crippen LogP contribution >= 0.6 is 11.6 Å². The van der Waals surface area contributed by atoms with Crippen LogP contribution in [0.3, 0.4) is 0 Å². The smallest absolute Gasteiger partial charge is 0.138 e. The molecule has 0 bridgehead atoms. The normalized spacial score (nSPS) is 12.1. The van der Waals surface area contributed by atoms with Crippen molar-refractivity contribution in [3.63, 3.8) is 0 Å². The van der Waals surface area contributed by atoms with Crippen LogP contribution < -0.4 is 5.43 Å². The molecule has 0 aliphatic rings. The van der Waals surface area contributed by atoms with E-state index < -0.39 is 0 Å². The minimum atomic E-state index is -0.239. The lowest BCUT2D eigenvalue weighted by molar-refractivity contribution is 0.622. The zero-order valence-electron chi connectivity index (χ0n) is 12.4. The van der Waals surface area contributed by atoms with Gasteiger partial charge in [0.15, 0.2) is 0 Å². The average Bonchev–Trinajstić information content (AvgIpc) is 3.07. The second kappa shape index (κ2) is 7.24. The summed E-state index contributed by atoms with van der Waals surface area (Å²) in [6, 6.07) is 14.4. The van der Waals surface area contributed by atoms with Gasteiger partial charge in [-0.05, 0) is 35.7 Å². The van der Waals surface area contributed by atoms with E-state index in [0.717, 1.165) is 22.6 Å². The van der Waals surface area contributed by atoms with E-state index in [1.54, 1.807) is 17.3 Å². The van der Waals surface area contributed by atoms with E-state index >= 15 is 0 Å². The van der Waals surface area contributed by atoms with Gasteiger partial charge in [0.2, 0.25) is 0 Å². The van der Waals surface area contributed by atoms with Crippen molar-refractivity contribution in [2.24, 2.45) is 0 Å². The molecule has 4 nitrogen and oxygen atoms in total. The molecule has 0 aliphatic carbocycles. The van der Waals surface area contributed by atoms with E-state index in [9.17, 15) is 4.39 Å². The molecule has 3 rings (SSSR count). The molecule has 1 atom stereocenters. The molecule has 2 aromatic carbocycles. The molecule has 6 heteroatoms. The van der Waals surface area contributed by atoms with E-state index in [1.807, 2.05) is 36.4 Å². The van der Waals surface area contributed by atoms with Crippen LogP contribution in [0.1, 0.15) is 17.0 Å². The first-order valence-electron chi connectivity index (χ1n) is 7.30. The van der Waals surface area contributed by atoms with Crippen LogP contribution in [0.4, 0.5) is 4.39 Å². The highest BCUT2D eigenvalue weighted by molar-refractivity contribution is 6.31. The van der Waals surface area contributed by atoms with Gasteiger partial charge >= 0.3 is 0 Å². The highest BCUT2D eigenvalue weighted by atomic mass is 35.5. The molecule has 1 heterocycles. The number of hydrogen-bond donors (Lipinski definition) is 1. The molecule has 0 radical (unpaired) electrons. The van der Waals surface area contributed by atoms with E-state index in [4.69, 9.17) is 11.6 Å². The number of rotatable bonds is 6. The minimum absolute atomic E-state index is 0.137. The van der Waals surface area contributed by atoms with Crippen molar-refractivity contribution in [1.82, 2.24) is 14.9 Å². The Hall–Kier alpha value is -2.40. The van der Waals surface area contributed by atoms with Gasteiger partial charge in [-0.2, -0.15) is 0 Å². The van der Waals surface area contributed by atoms with Crippen molar-refractivity contribution in [2.45, 2.75) is 12.3 Å². The summed E-state index contributed by atoms with van der Waals surface area (Å²) >= 11 is 6.28. The summed E-state index contributed by atoms with van der Waals surface area (Å²) in [6.07, 6.45) is 3.94. The number of hydrogen-bond acceptors (Lipinski definition) is 3. The van der Waals surface area contributed by atoms with Crippen LogP contribution in [0.15, 0.2) is 61.2 Å². The fourth-order valence-corrected chi connectivity index (χ4v) is 2.68. The van der Waals surface area contributed by atoms with Crippen LogP contribution in [0, 0.1) is 5.82 Å². The molecule has 0 aliphatic heterocycles. The lowest BCUT2D eigenvalue weighted by Crippen LogP contribution is -2.22. The summed E-state index contributed by atoms with van der Waals surface area (Å²) in [7, 11) is 0. The highest BCUT2D eigenvalue weighted by Gasteiger charge is 2.14. The lowest BCUT2D eigenvalue weighted by Gasteiger charge is -2.19. The lowest BCUT2D eigenvalue weighted by atomic mass is 9.92. The van der Waals surface area contributed by atoms with Crippen LogP contribution in [-0.4, -0.2) is 21.4 Å². The Labute approximate surface area is 138 Å². The Morgan fingerprint density at radius 1 is 1.04 bits per heavy atom. The van der Waals surface area contributed by atoms with Crippen LogP contribution in [0.5, 0.6) is 0 Å². The molecule has 0 spiro atoms. The van der Waals surface area contributed by atoms with Gasteiger partial charge in [0.05, 0.1) is 0 Å². The zero-order valence-corrected chi connectivity index (χ0v) is 13.1. The van der Waals surface area contributed by atoms with Crippen molar-refractivity contribution in [1.29, 1.82) is 0 Å². The molecule has 1 aromatic heterocycles. The summed E-state index contributed by atoms with van der Waals surface area (Å²) in [5, 5.41) is 8.26. The SMILES string of the molecule is Fc1ccc(C(CNn2cnnc2)Cc2ccccc2Cl)cc1. The van der Waals surface area contributed by atoms with Crippen LogP contribution in [0.2, 0.25) is 5.02 Å². The number of nitrogens with one attached hydrogen (secondary N) is 1.